The van der Waals surface area contributed by atoms with E-state index in [0.717, 1.165) is 11.1 Å². The van der Waals surface area contributed by atoms with E-state index in [9.17, 15) is 9.59 Å². The number of carbonyl (C=O) groups is 2. The zero-order chi connectivity index (χ0) is 12.7. The zero-order valence-corrected chi connectivity index (χ0v) is 10.3. The number of urea groups is 1. The lowest BCUT2D eigenvalue weighted by atomic mass is 10.1. The number of aryl methyl sites for hydroxylation is 2. The Labute approximate surface area is 104 Å². The van der Waals surface area contributed by atoms with Crippen molar-refractivity contribution in [3.05, 3.63) is 40.6 Å². The molecule has 1 aliphatic rings. The summed E-state index contributed by atoms with van der Waals surface area (Å²) in [6.45, 7) is 7.27. The molecule has 1 fully saturated rings. The number of hydrogen-bond donors (Lipinski definition) is 1. The second kappa shape index (κ2) is 3.89. The first-order chi connectivity index (χ1) is 7.91. The Morgan fingerprint density at radius 1 is 1.24 bits per heavy atom. The molecule has 88 valence electrons. The summed E-state index contributed by atoms with van der Waals surface area (Å²) in [5.74, 6) is -0.472. The second-order valence-corrected chi connectivity index (χ2v) is 4.31. The topological polar surface area (TPSA) is 49.4 Å². The van der Waals surface area contributed by atoms with Crippen LogP contribution in [0.15, 0.2) is 24.4 Å². The summed E-state index contributed by atoms with van der Waals surface area (Å²) in [5, 5.41) is 2.84. The molecule has 0 unspecified atom stereocenters. The van der Waals surface area contributed by atoms with Crippen molar-refractivity contribution in [3.63, 3.8) is 0 Å². The summed E-state index contributed by atoms with van der Waals surface area (Å²) >= 11 is 6.05. The van der Waals surface area contributed by atoms with E-state index in [4.69, 9.17) is 11.6 Å². The monoisotopic (exact) mass is 250 g/mol. The number of rotatable bonds is 1. The molecule has 1 aromatic carbocycles. The quantitative estimate of drug-likeness (QED) is 0.615. The summed E-state index contributed by atoms with van der Waals surface area (Å²) in [7, 11) is 0. The van der Waals surface area contributed by atoms with Crippen LogP contribution in [0, 0.1) is 13.8 Å². The molecule has 0 saturated carbocycles. The van der Waals surface area contributed by atoms with Gasteiger partial charge in [0.05, 0.1) is 5.69 Å². The van der Waals surface area contributed by atoms with Crippen LogP contribution in [-0.2, 0) is 4.79 Å². The van der Waals surface area contributed by atoms with Gasteiger partial charge in [0.1, 0.15) is 5.70 Å². The Balaban J connectivity index is 2.52. The van der Waals surface area contributed by atoms with E-state index in [1.54, 1.807) is 12.1 Å². The van der Waals surface area contributed by atoms with E-state index in [0.29, 0.717) is 10.7 Å². The van der Waals surface area contributed by atoms with Crippen LogP contribution in [0.2, 0.25) is 5.02 Å². The highest BCUT2D eigenvalue weighted by molar-refractivity contribution is 6.32. The fourth-order valence-corrected chi connectivity index (χ4v) is 1.88. The smallest absolute Gasteiger partial charge is 0.272 e. The van der Waals surface area contributed by atoms with Gasteiger partial charge < -0.3 is 0 Å². The van der Waals surface area contributed by atoms with Crippen LogP contribution in [0.25, 0.3) is 0 Å². The van der Waals surface area contributed by atoms with Gasteiger partial charge in [-0.25, -0.2) is 4.79 Å². The molecule has 0 atom stereocenters. The van der Waals surface area contributed by atoms with Gasteiger partial charge in [0, 0.05) is 5.02 Å². The predicted octanol–water partition coefficient (Wildman–Crippen LogP) is 2.53. The average molecular weight is 251 g/mol. The van der Waals surface area contributed by atoms with Crippen molar-refractivity contribution < 1.29 is 9.59 Å². The largest absolute Gasteiger partial charge is 0.333 e. The number of hydrogen-bond acceptors (Lipinski definition) is 2. The van der Waals surface area contributed by atoms with Gasteiger partial charge in [-0.3, -0.25) is 15.0 Å². The van der Waals surface area contributed by atoms with E-state index >= 15 is 0 Å². The first-order valence-corrected chi connectivity index (χ1v) is 5.40. The molecule has 1 aliphatic heterocycles. The molecule has 0 bridgehead atoms. The van der Waals surface area contributed by atoms with Crippen LogP contribution in [-0.4, -0.2) is 11.9 Å². The molecule has 1 saturated heterocycles. The van der Waals surface area contributed by atoms with Gasteiger partial charge in [-0.05, 0) is 37.1 Å². The van der Waals surface area contributed by atoms with Crippen molar-refractivity contribution in [1.82, 2.24) is 5.32 Å². The molecular formula is C12H11ClN2O2. The lowest BCUT2D eigenvalue weighted by Crippen LogP contribution is -2.27. The van der Waals surface area contributed by atoms with Crippen molar-refractivity contribution in [2.75, 3.05) is 4.90 Å². The Kier molecular flexibility index (Phi) is 2.67. The highest BCUT2D eigenvalue weighted by Crippen LogP contribution is 2.29. The number of anilines is 1. The Morgan fingerprint density at radius 3 is 2.18 bits per heavy atom. The van der Waals surface area contributed by atoms with Gasteiger partial charge >= 0.3 is 6.03 Å². The molecule has 1 N–H and O–H groups in total. The fourth-order valence-electron chi connectivity index (χ4n) is 1.77. The molecule has 1 aromatic rings. The lowest BCUT2D eigenvalue weighted by Gasteiger charge is -2.16. The van der Waals surface area contributed by atoms with Gasteiger partial charge in [-0.2, -0.15) is 0 Å². The maximum Gasteiger partial charge on any atom is 0.333 e. The summed E-state index contributed by atoms with van der Waals surface area (Å²) in [4.78, 5) is 24.2. The summed E-state index contributed by atoms with van der Waals surface area (Å²) in [5.41, 5.74) is 2.41. The molecule has 4 nitrogen and oxygen atoms in total. The number of nitrogens with one attached hydrogen (secondary N) is 1. The van der Waals surface area contributed by atoms with Crippen LogP contribution in [0.5, 0.6) is 0 Å². The van der Waals surface area contributed by atoms with Gasteiger partial charge in [0.2, 0.25) is 0 Å². The Hall–Kier alpha value is -1.81. The predicted molar refractivity (Wildman–Crippen MR) is 66.1 cm³/mol. The number of benzene rings is 1. The highest BCUT2D eigenvalue weighted by atomic mass is 35.5. The molecule has 5 heteroatoms. The number of halogens is 1. The van der Waals surface area contributed by atoms with Crippen LogP contribution < -0.4 is 10.2 Å². The van der Waals surface area contributed by atoms with Crippen molar-refractivity contribution in [3.8, 4) is 0 Å². The van der Waals surface area contributed by atoms with Gasteiger partial charge in [-0.1, -0.05) is 18.2 Å². The standard InChI is InChI=1S/C12H11ClN2O2/c1-6-4-9(5-7(2)10(6)13)15-8(3)11(16)14-12(15)17/h4-5H,3H2,1-2H3,(H,14,16,17). The maximum atomic E-state index is 11.6. The van der Waals surface area contributed by atoms with Crippen LogP contribution in [0.1, 0.15) is 11.1 Å². The first kappa shape index (κ1) is 11.7. The first-order valence-electron chi connectivity index (χ1n) is 5.03. The molecule has 0 radical (unpaired) electrons. The minimum absolute atomic E-state index is 0.121. The fraction of sp³-hybridized carbons (Fsp3) is 0.167. The third kappa shape index (κ3) is 1.80. The minimum atomic E-state index is -0.485. The molecule has 0 aromatic heterocycles. The average Bonchev–Trinajstić information content (AvgIpc) is 2.49. The number of amides is 3. The summed E-state index contributed by atoms with van der Waals surface area (Å²) in [6.07, 6.45) is 0. The molecule has 17 heavy (non-hydrogen) atoms. The molecule has 3 amide bonds. The van der Waals surface area contributed by atoms with Crippen LogP contribution in [0.3, 0.4) is 0 Å². The van der Waals surface area contributed by atoms with Gasteiger partial charge in [-0.15, -0.1) is 0 Å². The molecule has 0 aliphatic carbocycles. The molecule has 2 rings (SSSR count). The number of carbonyl (C=O) groups excluding carboxylic acids is 2. The van der Waals surface area contributed by atoms with Crippen molar-refractivity contribution in [2.24, 2.45) is 0 Å². The molecule has 0 spiro atoms. The molecular weight excluding hydrogens is 240 g/mol. The van der Waals surface area contributed by atoms with E-state index in [-0.39, 0.29) is 5.70 Å². The van der Waals surface area contributed by atoms with E-state index in [2.05, 4.69) is 11.9 Å². The lowest BCUT2D eigenvalue weighted by molar-refractivity contribution is -0.115. The van der Waals surface area contributed by atoms with E-state index in [1.165, 1.54) is 4.90 Å². The highest BCUT2D eigenvalue weighted by Gasteiger charge is 2.32. The minimum Gasteiger partial charge on any atom is -0.272 e. The third-order valence-corrected chi connectivity index (χ3v) is 3.23. The zero-order valence-electron chi connectivity index (χ0n) is 9.50. The van der Waals surface area contributed by atoms with Gasteiger partial charge in [0.25, 0.3) is 5.91 Å². The van der Waals surface area contributed by atoms with E-state index in [1.807, 2.05) is 13.8 Å². The molecule has 1 heterocycles. The normalized spacial score (nSPS) is 15.5. The van der Waals surface area contributed by atoms with Crippen molar-refractivity contribution >= 4 is 29.2 Å². The number of nitrogens with zero attached hydrogens (tertiary/aromatic N) is 1. The Morgan fingerprint density at radius 2 is 1.76 bits per heavy atom. The maximum absolute atomic E-state index is 11.6. The third-order valence-electron chi connectivity index (χ3n) is 2.63. The van der Waals surface area contributed by atoms with E-state index < -0.39 is 11.9 Å². The SMILES string of the molecule is C=C1C(=O)NC(=O)N1c1cc(C)c(Cl)c(C)c1. The van der Waals surface area contributed by atoms with Crippen molar-refractivity contribution in [2.45, 2.75) is 13.8 Å². The second-order valence-electron chi connectivity index (χ2n) is 3.93. The van der Waals surface area contributed by atoms with Crippen LogP contribution in [0.4, 0.5) is 10.5 Å². The summed E-state index contributed by atoms with van der Waals surface area (Å²) in [6, 6.07) is 3.01. The Bertz CT molecular complexity index is 528. The summed E-state index contributed by atoms with van der Waals surface area (Å²) < 4.78 is 0. The van der Waals surface area contributed by atoms with Gasteiger partial charge in [0.15, 0.2) is 0 Å². The van der Waals surface area contributed by atoms with Crippen LogP contribution >= 0.6 is 11.6 Å². The number of imide groups is 1. The van der Waals surface area contributed by atoms with Crippen molar-refractivity contribution in [1.29, 1.82) is 0 Å².